The van der Waals surface area contributed by atoms with Crippen LogP contribution in [0, 0.1) is 0 Å². The molecule has 0 aliphatic heterocycles. The molecule has 2 aromatic rings. The molecule has 0 saturated heterocycles. The minimum Gasteiger partial charge on any atom is -0.378 e. The van der Waals surface area contributed by atoms with E-state index in [1.54, 1.807) is 24.4 Å². The second-order valence-electron chi connectivity index (χ2n) is 5.30. The van der Waals surface area contributed by atoms with Crippen molar-refractivity contribution in [3.05, 3.63) is 72.4 Å². The van der Waals surface area contributed by atoms with Crippen LogP contribution in [-0.4, -0.2) is 30.5 Å². The van der Waals surface area contributed by atoms with Crippen LogP contribution in [0.3, 0.4) is 0 Å². The summed E-state index contributed by atoms with van der Waals surface area (Å²) < 4.78 is 0.685. The van der Waals surface area contributed by atoms with Crippen LogP contribution in [0.1, 0.15) is 10.4 Å². The number of rotatable bonds is 5. The Balaban J connectivity index is 2.24. The van der Waals surface area contributed by atoms with Crippen molar-refractivity contribution in [2.24, 2.45) is 0 Å². The first kappa shape index (κ1) is 18.2. The van der Waals surface area contributed by atoms with E-state index in [1.165, 1.54) is 11.8 Å². The van der Waals surface area contributed by atoms with Gasteiger partial charge in [-0.25, -0.2) is 0 Å². The molecule has 3 nitrogen and oxygen atoms in total. The fourth-order valence-corrected chi connectivity index (χ4v) is 2.63. The molecule has 0 saturated carbocycles. The van der Waals surface area contributed by atoms with E-state index < -0.39 is 0 Å². The molecule has 0 aliphatic rings. The maximum Gasteiger partial charge on any atom is 0.187 e. The Morgan fingerprint density at radius 1 is 1.00 bits per heavy atom. The van der Waals surface area contributed by atoms with Gasteiger partial charge < -0.3 is 9.80 Å². The standard InChI is InChI=1S/C19H20N2OS2/c1-20(2)16-9-11-17(12-10-16)21(19(23)24-3)14-13-18(22)15-7-5-4-6-8-15/h4-14H,1-3H3/b14-13+. The molecule has 0 aromatic heterocycles. The molecule has 0 aliphatic carbocycles. The first-order valence-corrected chi connectivity index (χ1v) is 9.08. The Hall–Kier alpha value is -2.11. The van der Waals surface area contributed by atoms with Crippen molar-refractivity contribution in [2.45, 2.75) is 0 Å². The average Bonchev–Trinajstić information content (AvgIpc) is 2.62. The Morgan fingerprint density at radius 2 is 1.58 bits per heavy atom. The van der Waals surface area contributed by atoms with Gasteiger partial charge in [-0.3, -0.25) is 4.79 Å². The summed E-state index contributed by atoms with van der Waals surface area (Å²) >= 11 is 6.90. The molecule has 0 spiro atoms. The van der Waals surface area contributed by atoms with Crippen LogP contribution in [0.25, 0.3) is 0 Å². The van der Waals surface area contributed by atoms with Gasteiger partial charge in [0.15, 0.2) is 5.78 Å². The van der Waals surface area contributed by atoms with Gasteiger partial charge in [-0.2, -0.15) is 0 Å². The first-order chi connectivity index (χ1) is 11.5. The summed E-state index contributed by atoms with van der Waals surface area (Å²) in [5.74, 6) is -0.0468. The number of nitrogens with zero attached hydrogens (tertiary/aromatic N) is 2. The van der Waals surface area contributed by atoms with Gasteiger partial charge in [-0.05, 0) is 30.5 Å². The molecule has 0 atom stereocenters. The van der Waals surface area contributed by atoms with Crippen molar-refractivity contribution in [1.29, 1.82) is 0 Å². The van der Waals surface area contributed by atoms with Crippen LogP contribution in [0.4, 0.5) is 11.4 Å². The van der Waals surface area contributed by atoms with Gasteiger partial charge in [-0.1, -0.05) is 54.3 Å². The highest BCUT2D eigenvalue weighted by molar-refractivity contribution is 8.22. The maximum atomic E-state index is 12.3. The number of benzene rings is 2. The maximum absolute atomic E-state index is 12.3. The number of ketones is 1. The van der Waals surface area contributed by atoms with Crippen LogP contribution in [-0.2, 0) is 0 Å². The average molecular weight is 357 g/mol. The lowest BCUT2D eigenvalue weighted by atomic mass is 10.1. The summed E-state index contributed by atoms with van der Waals surface area (Å²) in [6, 6.07) is 17.2. The van der Waals surface area contributed by atoms with Crippen LogP contribution >= 0.6 is 24.0 Å². The Labute approximate surface area is 153 Å². The second kappa shape index (κ2) is 8.66. The molecule has 0 fully saturated rings. The Morgan fingerprint density at radius 3 is 2.12 bits per heavy atom. The largest absolute Gasteiger partial charge is 0.378 e. The number of anilines is 2. The molecule has 24 heavy (non-hydrogen) atoms. The van der Waals surface area contributed by atoms with Gasteiger partial charge in [0.2, 0.25) is 0 Å². The number of thioether (sulfide) groups is 1. The third-order valence-corrected chi connectivity index (χ3v) is 4.69. The molecule has 2 rings (SSSR count). The number of hydrogen-bond acceptors (Lipinski definition) is 4. The summed E-state index contributed by atoms with van der Waals surface area (Å²) in [6.07, 6.45) is 5.22. The number of hydrogen-bond donors (Lipinski definition) is 0. The van der Waals surface area contributed by atoms with Gasteiger partial charge in [-0.15, -0.1) is 0 Å². The molecule has 124 valence electrons. The van der Waals surface area contributed by atoms with E-state index in [4.69, 9.17) is 12.2 Å². The number of thiocarbonyl (C=S) groups is 1. The minimum atomic E-state index is -0.0468. The lowest BCUT2D eigenvalue weighted by molar-refractivity contribution is 0.104. The summed E-state index contributed by atoms with van der Waals surface area (Å²) in [5.41, 5.74) is 2.70. The van der Waals surface area contributed by atoms with E-state index >= 15 is 0 Å². The number of allylic oxidation sites excluding steroid dienone is 1. The molecule has 2 aromatic carbocycles. The normalized spacial score (nSPS) is 10.6. The van der Waals surface area contributed by atoms with Crippen LogP contribution in [0.15, 0.2) is 66.9 Å². The SMILES string of the molecule is CSC(=S)N(/C=C/C(=O)c1ccccc1)c1ccc(N(C)C)cc1. The molecule has 0 N–H and O–H groups in total. The quantitative estimate of drug-likeness (QED) is 0.442. The summed E-state index contributed by atoms with van der Waals surface area (Å²) in [7, 11) is 4.00. The Kier molecular flexibility index (Phi) is 6.58. The lowest BCUT2D eigenvalue weighted by Gasteiger charge is -2.21. The van der Waals surface area contributed by atoms with Gasteiger partial charge in [0.05, 0.1) is 0 Å². The Bertz CT molecular complexity index is 725. The topological polar surface area (TPSA) is 23.6 Å². The van der Waals surface area contributed by atoms with Crippen molar-refractivity contribution >= 4 is 45.5 Å². The fraction of sp³-hybridized carbons (Fsp3) is 0.158. The van der Waals surface area contributed by atoms with Gasteiger partial charge in [0, 0.05) is 43.3 Å². The monoisotopic (exact) mass is 356 g/mol. The zero-order chi connectivity index (χ0) is 17.5. The van der Waals surface area contributed by atoms with E-state index in [1.807, 2.05) is 72.6 Å². The van der Waals surface area contributed by atoms with E-state index in [9.17, 15) is 4.79 Å². The predicted octanol–water partition coefficient (Wildman–Crippen LogP) is 4.60. The summed E-state index contributed by atoms with van der Waals surface area (Å²) in [5, 5.41) is 0. The van der Waals surface area contributed by atoms with E-state index in [0.717, 1.165) is 11.4 Å². The molecule has 0 amide bonds. The molecular weight excluding hydrogens is 336 g/mol. The van der Waals surface area contributed by atoms with E-state index in [-0.39, 0.29) is 5.78 Å². The van der Waals surface area contributed by atoms with Crippen LogP contribution < -0.4 is 9.80 Å². The zero-order valence-corrected chi connectivity index (χ0v) is 15.6. The van der Waals surface area contributed by atoms with Gasteiger partial charge in [0.25, 0.3) is 0 Å². The van der Waals surface area contributed by atoms with Crippen LogP contribution in [0.5, 0.6) is 0 Å². The highest BCUT2D eigenvalue weighted by Crippen LogP contribution is 2.23. The molecule has 5 heteroatoms. The minimum absolute atomic E-state index is 0.0468. The van der Waals surface area contributed by atoms with Gasteiger partial charge in [0.1, 0.15) is 4.32 Å². The van der Waals surface area contributed by atoms with Crippen molar-refractivity contribution < 1.29 is 4.79 Å². The van der Waals surface area contributed by atoms with Crippen LogP contribution in [0.2, 0.25) is 0 Å². The highest BCUT2D eigenvalue weighted by Gasteiger charge is 2.10. The molecule has 0 unspecified atom stereocenters. The van der Waals surface area contributed by atoms with E-state index in [2.05, 4.69) is 0 Å². The molecule has 0 heterocycles. The number of carbonyl (C=O) groups is 1. The summed E-state index contributed by atoms with van der Waals surface area (Å²) in [6.45, 7) is 0. The zero-order valence-electron chi connectivity index (χ0n) is 14.0. The third-order valence-electron chi connectivity index (χ3n) is 3.45. The molecule has 0 radical (unpaired) electrons. The fourth-order valence-electron chi connectivity index (χ4n) is 2.10. The lowest BCUT2D eigenvalue weighted by Crippen LogP contribution is -2.20. The molecular formula is C19H20N2OS2. The second-order valence-corrected chi connectivity index (χ2v) is 6.74. The smallest absolute Gasteiger partial charge is 0.187 e. The first-order valence-electron chi connectivity index (χ1n) is 7.45. The number of carbonyl (C=O) groups excluding carboxylic acids is 1. The highest BCUT2D eigenvalue weighted by atomic mass is 32.2. The van der Waals surface area contributed by atoms with E-state index in [0.29, 0.717) is 9.88 Å². The molecule has 0 bridgehead atoms. The van der Waals surface area contributed by atoms with Crippen molar-refractivity contribution in [1.82, 2.24) is 0 Å². The predicted molar refractivity (Wildman–Crippen MR) is 109 cm³/mol. The summed E-state index contributed by atoms with van der Waals surface area (Å²) in [4.78, 5) is 16.1. The van der Waals surface area contributed by atoms with Crippen molar-refractivity contribution in [3.63, 3.8) is 0 Å². The third kappa shape index (κ3) is 4.69. The van der Waals surface area contributed by atoms with Gasteiger partial charge >= 0.3 is 0 Å². The van der Waals surface area contributed by atoms with Crippen molar-refractivity contribution in [2.75, 3.05) is 30.2 Å². The van der Waals surface area contributed by atoms with Crippen molar-refractivity contribution in [3.8, 4) is 0 Å².